The summed E-state index contributed by atoms with van der Waals surface area (Å²) in [6.45, 7) is 6.34. The third kappa shape index (κ3) is 6.28. The molecule has 13 heteroatoms. The van der Waals surface area contributed by atoms with Crippen molar-refractivity contribution in [3.8, 4) is 28.0 Å². The second-order valence-electron chi connectivity index (χ2n) is 7.86. The van der Waals surface area contributed by atoms with Crippen molar-refractivity contribution in [1.29, 1.82) is 5.26 Å². The largest absolute Gasteiger partial charge is 0.510 e. The number of aromatic nitrogens is 4. The molecule has 3 rings (SSSR count). The topological polar surface area (TPSA) is 129 Å². The molecule has 0 N–H and O–H groups in total. The van der Waals surface area contributed by atoms with E-state index in [1.807, 2.05) is 6.07 Å². The molecule has 0 radical (unpaired) electrons. The fourth-order valence-electron chi connectivity index (χ4n) is 2.72. The fourth-order valence-corrected chi connectivity index (χ4v) is 3.82. The molecule has 0 aliphatic carbocycles. The Morgan fingerprint density at radius 1 is 1.23 bits per heavy atom. The third-order valence-electron chi connectivity index (χ3n) is 4.62. The summed E-state index contributed by atoms with van der Waals surface area (Å²) in [4.78, 5) is 29.7. The molecular formula is C22H21Cl2N5O5S. The van der Waals surface area contributed by atoms with Crippen LogP contribution in [0.5, 0.6) is 0 Å². The first-order valence-corrected chi connectivity index (χ1v) is 12.0. The van der Waals surface area contributed by atoms with Crippen molar-refractivity contribution >= 4 is 46.7 Å². The van der Waals surface area contributed by atoms with Crippen molar-refractivity contribution in [3.05, 3.63) is 39.3 Å². The second kappa shape index (κ2) is 11.0. The highest BCUT2D eigenvalue weighted by Crippen LogP contribution is 2.33. The van der Waals surface area contributed by atoms with E-state index >= 15 is 0 Å². The molecule has 0 bridgehead atoms. The van der Waals surface area contributed by atoms with Gasteiger partial charge in [0.25, 0.3) is 0 Å². The molecule has 10 nitrogen and oxygen atoms in total. The van der Waals surface area contributed by atoms with Gasteiger partial charge in [-0.3, -0.25) is 4.79 Å². The van der Waals surface area contributed by atoms with Gasteiger partial charge in [-0.05, 0) is 39.8 Å². The Kier molecular flexibility index (Phi) is 8.32. The van der Waals surface area contributed by atoms with Crippen molar-refractivity contribution in [3.63, 3.8) is 0 Å². The Balaban J connectivity index is 1.71. The van der Waals surface area contributed by atoms with Crippen LogP contribution in [0.3, 0.4) is 0 Å². The molecule has 0 amide bonds. The van der Waals surface area contributed by atoms with E-state index in [2.05, 4.69) is 15.2 Å². The van der Waals surface area contributed by atoms with Crippen LogP contribution in [0.1, 0.15) is 39.6 Å². The minimum absolute atomic E-state index is 0.00301. The van der Waals surface area contributed by atoms with Gasteiger partial charge in [-0.1, -0.05) is 29.3 Å². The van der Waals surface area contributed by atoms with Gasteiger partial charge in [0.2, 0.25) is 6.23 Å². The van der Waals surface area contributed by atoms with Crippen LogP contribution in [0.25, 0.3) is 22.0 Å². The number of hydrogen-bond donors (Lipinski definition) is 0. The predicted octanol–water partition coefficient (Wildman–Crippen LogP) is 5.51. The summed E-state index contributed by atoms with van der Waals surface area (Å²) in [6.07, 6.45) is -2.02. The van der Waals surface area contributed by atoms with Gasteiger partial charge < -0.3 is 14.2 Å². The number of benzene rings is 1. The second-order valence-corrected chi connectivity index (χ2v) is 9.53. The molecule has 1 atom stereocenters. The van der Waals surface area contributed by atoms with E-state index < -0.39 is 23.8 Å². The molecule has 35 heavy (non-hydrogen) atoms. The lowest BCUT2D eigenvalue weighted by Gasteiger charge is -2.22. The van der Waals surface area contributed by atoms with Gasteiger partial charge in [0.15, 0.2) is 11.4 Å². The SMILES string of the molecule is CCOC(=O)C(C)(C)COC(=O)OC(C)n1nc(C#N)c(-c2csc(-c3ccc(Cl)c(Cl)c3)n2)n1. The van der Waals surface area contributed by atoms with Crippen LogP contribution >= 0.6 is 34.5 Å². The number of carbonyl (C=O) groups excluding carboxylic acids is 2. The van der Waals surface area contributed by atoms with E-state index in [0.29, 0.717) is 20.7 Å². The zero-order valence-electron chi connectivity index (χ0n) is 19.2. The molecule has 1 aromatic carbocycles. The van der Waals surface area contributed by atoms with Gasteiger partial charge in [-0.2, -0.15) is 5.26 Å². The first kappa shape index (κ1) is 26.4. The maximum absolute atomic E-state index is 12.1. The molecule has 2 heterocycles. The molecule has 0 aliphatic heterocycles. The number of halogens is 2. The highest BCUT2D eigenvalue weighted by Gasteiger charge is 2.32. The average molecular weight is 538 g/mol. The zero-order valence-corrected chi connectivity index (χ0v) is 21.6. The van der Waals surface area contributed by atoms with Crippen LogP contribution in [0.15, 0.2) is 23.6 Å². The molecule has 0 saturated carbocycles. The molecule has 0 fully saturated rings. The van der Waals surface area contributed by atoms with E-state index in [-0.39, 0.29) is 24.6 Å². The molecule has 0 saturated heterocycles. The van der Waals surface area contributed by atoms with Crippen molar-refractivity contribution in [2.75, 3.05) is 13.2 Å². The highest BCUT2D eigenvalue weighted by molar-refractivity contribution is 7.13. The Labute approximate surface area is 215 Å². The van der Waals surface area contributed by atoms with E-state index in [1.54, 1.807) is 44.4 Å². The number of rotatable bonds is 8. The number of thiazole rings is 1. The summed E-state index contributed by atoms with van der Waals surface area (Å²) in [7, 11) is 0. The molecule has 184 valence electrons. The van der Waals surface area contributed by atoms with Gasteiger partial charge >= 0.3 is 12.1 Å². The Morgan fingerprint density at radius 3 is 2.63 bits per heavy atom. The first-order valence-electron chi connectivity index (χ1n) is 10.3. The lowest BCUT2D eigenvalue weighted by atomic mass is 9.95. The lowest BCUT2D eigenvalue weighted by Crippen LogP contribution is -2.33. The van der Waals surface area contributed by atoms with Gasteiger partial charge in [0, 0.05) is 10.9 Å². The Morgan fingerprint density at radius 2 is 1.97 bits per heavy atom. The van der Waals surface area contributed by atoms with Crippen LogP contribution in [0.2, 0.25) is 10.0 Å². The number of nitriles is 1. The Bertz CT molecular complexity index is 1280. The summed E-state index contributed by atoms with van der Waals surface area (Å²) in [6, 6.07) is 7.11. The molecule has 2 aromatic heterocycles. The van der Waals surface area contributed by atoms with Crippen LogP contribution in [0, 0.1) is 16.7 Å². The smallest absolute Gasteiger partial charge is 0.465 e. The summed E-state index contributed by atoms with van der Waals surface area (Å²) in [5.74, 6) is -0.499. The third-order valence-corrected chi connectivity index (χ3v) is 6.25. The monoisotopic (exact) mass is 537 g/mol. The Hall–Kier alpha value is -3.20. The fraction of sp³-hybridized carbons (Fsp3) is 0.364. The van der Waals surface area contributed by atoms with Crippen LogP contribution in [-0.2, 0) is 19.0 Å². The summed E-state index contributed by atoms with van der Waals surface area (Å²) >= 11 is 13.4. The van der Waals surface area contributed by atoms with Gasteiger partial charge in [0.05, 0.1) is 22.1 Å². The predicted molar refractivity (Wildman–Crippen MR) is 129 cm³/mol. The van der Waals surface area contributed by atoms with E-state index in [0.717, 1.165) is 10.4 Å². The average Bonchev–Trinajstić information content (AvgIpc) is 3.47. The molecule has 0 aliphatic rings. The summed E-state index contributed by atoms with van der Waals surface area (Å²) in [5.41, 5.74) is 0.363. The van der Waals surface area contributed by atoms with Crippen LogP contribution < -0.4 is 0 Å². The normalized spacial score (nSPS) is 12.0. The van der Waals surface area contributed by atoms with E-state index in [1.165, 1.54) is 18.3 Å². The quantitative estimate of drug-likeness (QED) is 0.341. The highest BCUT2D eigenvalue weighted by atomic mass is 35.5. The lowest BCUT2D eigenvalue weighted by molar-refractivity contribution is -0.156. The summed E-state index contributed by atoms with van der Waals surface area (Å²) in [5, 5.41) is 21.1. The minimum Gasteiger partial charge on any atom is -0.465 e. The van der Waals surface area contributed by atoms with E-state index in [4.69, 9.17) is 37.4 Å². The number of carbonyl (C=O) groups is 2. The number of ether oxygens (including phenoxy) is 3. The maximum Gasteiger partial charge on any atom is 0.510 e. The maximum atomic E-state index is 12.1. The zero-order chi connectivity index (χ0) is 25.8. The van der Waals surface area contributed by atoms with Crippen molar-refractivity contribution in [1.82, 2.24) is 20.0 Å². The standard InChI is InChI=1S/C22H21Cl2N5O5S/c1-5-32-20(30)22(3,4)11-33-21(31)34-12(2)29-27-16(9-25)18(28-29)17-10-35-19(26-17)13-6-7-14(23)15(24)8-13/h6-8,10,12H,5,11H2,1-4H3. The molecule has 3 aromatic rings. The van der Waals surface area contributed by atoms with Crippen molar-refractivity contribution in [2.45, 2.75) is 33.9 Å². The van der Waals surface area contributed by atoms with Crippen LogP contribution in [-0.4, -0.2) is 45.3 Å². The van der Waals surface area contributed by atoms with Crippen LogP contribution in [0.4, 0.5) is 4.79 Å². The number of esters is 1. The number of nitrogens with zero attached hydrogens (tertiary/aromatic N) is 5. The minimum atomic E-state index is -1.04. The van der Waals surface area contributed by atoms with Gasteiger partial charge in [-0.15, -0.1) is 26.3 Å². The first-order chi connectivity index (χ1) is 16.6. The van der Waals surface area contributed by atoms with Crippen molar-refractivity contribution < 1.29 is 23.8 Å². The van der Waals surface area contributed by atoms with Crippen molar-refractivity contribution in [2.24, 2.45) is 5.41 Å². The van der Waals surface area contributed by atoms with Gasteiger partial charge in [0.1, 0.15) is 23.4 Å². The summed E-state index contributed by atoms with van der Waals surface area (Å²) < 4.78 is 15.2. The molecule has 0 spiro atoms. The van der Waals surface area contributed by atoms with Gasteiger partial charge in [-0.25, -0.2) is 9.78 Å². The molecular weight excluding hydrogens is 517 g/mol. The van der Waals surface area contributed by atoms with E-state index in [9.17, 15) is 14.9 Å². The number of hydrogen-bond acceptors (Lipinski definition) is 10. The molecule has 1 unspecified atom stereocenters.